The summed E-state index contributed by atoms with van der Waals surface area (Å²) in [4.78, 5) is 29.2. The number of benzene rings is 1. The fraction of sp³-hybridized carbons (Fsp3) is 0.409. The topological polar surface area (TPSA) is 80.3 Å². The summed E-state index contributed by atoms with van der Waals surface area (Å²) >= 11 is 0. The smallest absolute Gasteiger partial charge is 0.270 e. The maximum atomic E-state index is 12.5. The van der Waals surface area contributed by atoms with Crippen molar-refractivity contribution in [3.05, 3.63) is 59.4 Å². The third-order valence-corrected chi connectivity index (χ3v) is 5.08. The molecule has 1 aromatic heterocycles. The first-order chi connectivity index (χ1) is 13.7. The van der Waals surface area contributed by atoms with Crippen LogP contribution in [0.15, 0.2) is 42.6 Å². The van der Waals surface area contributed by atoms with E-state index in [2.05, 4.69) is 15.6 Å². The summed E-state index contributed by atoms with van der Waals surface area (Å²) < 4.78 is 5.30. The Morgan fingerprint density at radius 1 is 1.07 bits per heavy atom. The lowest BCUT2D eigenvalue weighted by Crippen LogP contribution is -2.35. The highest BCUT2D eigenvalue weighted by Crippen LogP contribution is 2.18. The molecular formula is C22H27N3O3. The zero-order valence-corrected chi connectivity index (χ0v) is 16.2. The number of para-hydroxylation sites is 1. The van der Waals surface area contributed by atoms with Crippen molar-refractivity contribution in [1.82, 2.24) is 15.6 Å². The lowest BCUT2D eigenvalue weighted by Gasteiger charge is -2.16. The molecule has 6 nitrogen and oxygen atoms in total. The fourth-order valence-electron chi connectivity index (χ4n) is 3.51. The summed E-state index contributed by atoms with van der Waals surface area (Å²) in [6, 6.07) is 10.9. The second-order valence-electron chi connectivity index (χ2n) is 7.09. The average molecular weight is 381 g/mol. The first kappa shape index (κ1) is 19.9. The first-order valence-corrected chi connectivity index (χ1v) is 9.84. The first-order valence-electron chi connectivity index (χ1n) is 9.84. The number of rotatable bonds is 6. The molecule has 1 saturated carbocycles. The summed E-state index contributed by atoms with van der Waals surface area (Å²) in [5, 5.41) is 5.93. The summed E-state index contributed by atoms with van der Waals surface area (Å²) in [7, 11) is 1.60. The van der Waals surface area contributed by atoms with Crippen LogP contribution < -0.4 is 15.4 Å². The number of hydrogen-bond donors (Lipinski definition) is 2. The quantitative estimate of drug-likeness (QED) is 0.751. The van der Waals surface area contributed by atoms with Gasteiger partial charge in [0, 0.05) is 29.9 Å². The summed E-state index contributed by atoms with van der Waals surface area (Å²) in [6.07, 6.45) is 8.25. The standard InChI is InChI=1S/C22H27N3O3/c1-28-20-11-7-6-8-17(20)15-24-21(26)16-12-13-23-19(14-16)22(27)25-18-9-4-2-3-5-10-18/h6-8,11-14,18H,2-5,9-10,15H2,1H3,(H,24,26)(H,25,27). The number of nitrogens with one attached hydrogen (secondary N) is 2. The van der Waals surface area contributed by atoms with Crippen LogP contribution in [-0.2, 0) is 6.54 Å². The van der Waals surface area contributed by atoms with Gasteiger partial charge in [-0.05, 0) is 31.0 Å². The Labute approximate surface area is 165 Å². The van der Waals surface area contributed by atoms with Gasteiger partial charge in [-0.3, -0.25) is 14.6 Å². The molecule has 0 saturated heterocycles. The summed E-state index contributed by atoms with van der Waals surface area (Å²) in [6.45, 7) is 0.342. The van der Waals surface area contributed by atoms with Crippen LogP contribution in [0.4, 0.5) is 0 Å². The molecule has 6 heteroatoms. The molecule has 148 valence electrons. The Hall–Kier alpha value is -2.89. The largest absolute Gasteiger partial charge is 0.496 e. The van der Waals surface area contributed by atoms with Crippen molar-refractivity contribution in [2.45, 2.75) is 51.1 Å². The third kappa shape index (κ3) is 5.31. The van der Waals surface area contributed by atoms with Gasteiger partial charge in [0.2, 0.25) is 0 Å². The molecule has 0 spiro atoms. The Balaban J connectivity index is 1.61. The van der Waals surface area contributed by atoms with Gasteiger partial charge in [0.1, 0.15) is 11.4 Å². The van der Waals surface area contributed by atoms with Gasteiger partial charge in [-0.2, -0.15) is 0 Å². The molecule has 2 aromatic rings. The van der Waals surface area contributed by atoms with E-state index in [0.717, 1.165) is 37.0 Å². The molecule has 1 aliphatic carbocycles. The minimum atomic E-state index is -0.253. The van der Waals surface area contributed by atoms with Crippen molar-refractivity contribution in [2.75, 3.05) is 7.11 Å². The van der Waals surface area contributed by atoms with E-state index in [9.17, 15) is 9.59 Å². The minimum Gasteiger partial charge on any atom is -0.496 e. The normalized spacial score (nSPS) is 14.8. The number of carbonyl (C=O) groups excluding carboxylic acids is 2. The SMILES string of the molecule is COc1ccccc1CNC(=O)c1ccnc(C(=O)NC2CCCCCC2)c1. The maximum Gasteiger partial charge on any atom is 0.270 e. The van der Waals surface area contributed by atoms with Gasteiger partial charge in [0.25, 0.3) is 11.8 Å². The molecule has 0 unspecified atom stereocenters. The average Bonchev–Trinajstić information content (AvgIpc) is 3.01. The number of nitrogens with zero attached hydrogens (tertiary/aromatic N) is 1. The van der Waals surface area contributed by atoms with Crippen LogP contribution in [0, 0.1) is 0 Å². The zero-order chi connectivity index (χ0) is 19.8. The molecule has 0 radical (unpaired) electrons. The highest BCUT2D eigenvalue weighted by Gasteiger charge is 2.18. The van der Waals surface area contributed by atoms with Gasteiger partial charge in [0.15, 0.2) is 0 Å². The van der Waals surface area contributed by atoms with Gasteiger partial charge in [0.05, 0.1) is 7.11 Å². The molecule has 1 aliphatic rings. The van der Waals surface area contributed by atoms with E-state index in [1.54, 1.807) is 19.2 Å². The molecule has 2 amide bonds. The van der Waals surface area contributed by atoms with Crippen LogP contribution in [0.25, 0.3) is 0 Å². The molecule has 0 aliphatic heterocycles. The molecule has 1 fully saturated rings. The van der Waals surface area contributed by atoms with Crippen LogP contribution in [-0.4, -0.2) is 29.9 Å². The van der Waals surface area contributed by atoms with Crippen LogP contribution >= 0.6 is 0 Å². The third-order valence-electron chi connectivity index (χ3n) is 5.08. The van der Waals surface area contributed by atoms with Crippen molar-refractivity contribution in [3.63, 3.8) is 0 Å². The highest BCUT2D eigenvalue weighted by atomic mass is 16.5. The number of pyridine rings is 1. The summed E-state index contributed by atoms with van der Waals surface area (Å²) in [5.74, 6) is 0.254. The highest BCUT2D eigenvalue weighted by molar-refractivity contribution is 5.98. The second kappa shape index (κ2) is 9.88. The van der Waals surface area contributed by atoms with E-state index in [1.807, 2.05) is 24.3 Å². The van der Waals surface area contributed by atoms with Crippen LogP contribution in [0.5, 0.6) is 5.75 Å². The van der Waals surface area contributed by atoms with Gasteiger partial charge < -0.3 is 15.4 Å². The van der Waals surface area contributed by atoms with Crippen molar-refractivity contribution < 1.29 is 14.3 Å². The van der Waals surface area contributed by atoms with E-state index in [4.69, 9.17) is 4.74 Å². The van der Waals surface area contributed by atoms with Crippen LogP contribution in [0.3, 0.4) is 0 Å². The van der Waals surface area contributed by atoms with Crippen molar-refractivity contribution >= 4 is 11.8 Å². The van der Waals surface area contributed by atoms with Crippen molar-refractivity contribution in [3.8, 4) is 5.75 Å². The number of carbonyl (C=O) groups is 2. The molecule has 2 N–H and O–H groups in total. The summed E-state index contributed by atoms with van der Waals surface area (Å²) in [5.41, 5.74) is 1.57. The number of amides is 2. The van der Waals surface area contributed by atoms with E-state index < -0.39 is 0 Å². The minimum absolute atomic E-state index is 0.194. The monoisotopic (exact) mass is 381 g/mol. The Morgan fingerprint density at radius 2 is 1.82 bits per heavy atom. The van der Waals surface area contributed by atoms with Crippen molar-refractivity contribution in [2.24, 2.45) is 0 Å². The fourth-order valence-corrected chi connectivity index (χ4v) is 3.51. The second-order valence-corrected chi connectivity index (χ2v) is 7.09. The van der Waals surface area contributed by atoms with Gasteiger partial charge in [-0.1, -0.05) is 43.9 Å². The Bertz CT molecular complexity index is 814. The lowest BCUT2D eigenvalue weighted by molar-refractivity contribution is 0.0928. The maximum absolute atomic E-state index is 12.5. The molecule has 28 heavy (non-hydrogen) atoms. The van der Waals surface area contributed by atoms with E-state index in [-0.39, 0.29) is 23.6 Å². The number of ether oxygens (including phenoxy) is 1. The Morgan fingerprint density at radius 3 is 2.57 bits per heavy atom. The van der Waals surface area contributed by atoms with E-state index in [0.29, 0.717) is 12.1 Å². The van der Waals surface area contributed by atoms with Crippen molar-refractivity contribution in [1.29, 1.82) is 0 Å². The molecule has 0 bridgehead atoms. The number of methoxy groups -OCH3 is 1. The Kier molecular flexibility index (Phi) is 7.00. The molecule has 1 aromatic carbocycles. The molecular weight excluding hydrogens is 354 g/mol. The number of aromatic nitrogens is 1. The van der Waals surface area contributed by atoms with Crippen LogP contribution in [0.1, 0.15) is 64.9 Å². The lowest BCUT2D eigenvalue weighted by atomic mass is 10.1. The van der Waals surface area contributed by atoms with Crippen LogP contribution in [0.2, 0.25) is 0 Å². The molecule has 0 atom stereocenters. The molecule has 3 rings (SSSR count). The van der Waals surface area contributed by atoms with Gasteiger partial charge in [-0.15, -0.1) is 0 Å². The van der Waals surface area contributed by atoms with Gasteiger partial charge in [-0.25, -0.2) is 0 Å². The number of hydrogen-bond acceptors (Lipinski definition) is 4. The zero-order valence-electron chi connectivity index (χ0n) is 16.2. The molecule has 1 heterocycles. The van der Waals surface area contributed by atoms with E-state index in [1.165, 1.54) is 19.0 Å². The predicted octanol–water partition coefficient (Wildman–Crippen LogP) is 3.47. The van der Waals surface area contributed by atoms with E-state index >= 15 is 0 Å². The predicted molar refractivity (Wildman–Crippen MR) is 107 cm³/mol. The van der Waals surface area contributed by atoms with Gasteiger partial charge >= 0.3 is 0 Å².